The van der Waals surface area contributed by atoms with E-state index in [4.69, 9.17) is 0 Å². The highest BCUT2D eigenvalue weighted by atomic mass is 19.1. The van der Waals surface area contributed by atoms with Crippen LogP contribution in [0.5, 0.6) is 0 Å². The Balaban J connectivity index is 1.56. The zero-order valence-corrected chi connectivity index (χ0v) is 14.0. The van der Waals surface area contributed by atoms with Crippen LogP contribution in [0.1, 0.15) is 25.3 Å². The van der Waals surface area contributed by atoms with E-state index < -0.39 is 0 Å². The third-order valence-corrected chi connectivity index (χ3v) is 4.55. The van der Waals surface area contributed by atoms with Crippen molar-refractivity contribution < 1.29 is 9.18 Å². The van der Waals surface area contributed by atoms with E-state index in [2.05, 4.69) is 17.1 Å². The number of rotatable bonds is 4. The Morgan fingerprint density at radius 1 is 1.17 bits per heavy atom. The molecule has 0 atom stereocenters. The normalized spacial score (nSPS) is 15.3. The van der Waals surface area contributed by atoms with Gasteiger partial charge in [-0.15, -0.1) is 0 Å². The minimum Gasteiger partial charge on any atom is -0.372 e. The summed E-state index contributed by atoms with van der Waals surface area (Å²) in [6.45, 7) is 4.48. The highest BCUT2D eigenvalue weighted by Crippen LogP contribution is 2.24. The van der Waals surface area contributed by atoms with E-state index in [-0.39, 0.29) is 18.1 Å². The molecule has 1 amide bonds. The largest absolute Gasteiger partial charge is 0.372 e. The first kappa shape index (κ1) is 16.5. The van der Waals surface area contributed by atoms with Gasteiger partial charge >= 0.3 is 0 Å². The summed E-state index contributed by atoms with van der Waals surface area (Å²) in [5, 5.41) is 2.87. The van der Waals surface area contributed by atoms with E-state index in [9.17, 15) is 9.18 Å². The van der Waals surface area contributed by atoms with Crippen LogP contribution in [0.15, 0.2) is 48.5 Å². The second-order valence-electron chi connectivity index (χ2n) is 6.57. The van der Waals surface area contributed by atoms with Crippen molar-refractivity contribution in [3.8, 4) is 0 Å². The van der Waals surface area contributed by atoms with E-state index in [1.54, 1.807) is 12.1 Å². The van der Waals surface area contributed by atoms with Gasteiger partial charge in [0.1, 0.15) is 5.82 Å². The molecule has 2 aromatic rings. The van der Waals surface area contributed by atoms with Gasteiger partial charge in [-0.1, -0.05) is 19.1 Å². The first-order valence-electron chi connectivity index (χ1n) is 8.49. The van der Waals surface area contributed by atoms with Crippen molar-refractivity contribution in [2.24, 2.45) is 5.92 Å². The maximum Gasteiger partial charge on any atom is 0.228 e. The number of piperidine rings is 1. The molecule has 1 aliphatic rings. The first-order chi connectivity index (χ1) is 11.6. The second-order valence-corrected chi connectivity index (χ2v) is 6.57. The molecule has 1 fully saturated rings. The highest BCUT2D eigenvalue weighted by Gasteiger charge is 2.15. The van der Waals surface area contributed by atoms with Crippen LogP contribution in [-0.2, 0) is 11.2 Å². The van der Waals surface area contributed by atoms with Crippen molar-refractivity contribution in [1.82, 2.24) is 0 Å². The molecule has 1 N–H and O–H groups in total. The number of hydrogen-bond donors (Lipinski definition) is 1. The van der Waals surface area contributed by atoms with Gasteiger partial charge in [0.15, 0.2) is 0 Å². The van der Waals surface area contributed by atoms with Crippen molar-refractivity contribution in [3.05, 3.63) is 59.9 Å². The molecular formula is C20H23FN2O. The fourth-order valence-corrected chi connectivity index (χ4v) is 3.06. The summed E-state index contributed by atoms with van der Waals surface area (Å²) in [6, 6.07) is 14.1. The average molecular weight is 326 g/mol. The SMILES string of the molecule is CC1CCN(c2ccc(NC(=O)Cc3cccc(F)c3)cc2)CC1. The molecule has 0 aliphatic carbocycles. The van der Waals surface area contributed by atoms with Crippen molar-refractivity contribution >= 4 is 17.3 Å². The second kappa shape index (κ2) is 7.47. The number of nitrogens with zero attached hydrogens (tertiary/aromatic N) is 1. The van der Waals surface area contributed by atoms with Crippen LogP contribution < -0.4 is 10.2 Å². The maximum absolute atomic E-state index is 13.2. The van der Waals surface area contributed by atoms with Gasteiger partial charge in [-0.25, -0.2) is 4.39 Å². The van der Waals surface area contributed by atoms with Crippen LogP contribution in [0.25, 0.3) is 0 Å². The monoisotopic (exact) mass is 326 g/mol. The number of carbonyl (C=O) groups excluding carboxylic acids is 1. The summed E-state index contributed by atoms with van der Waals surface area (Å²) in [4.78, 5) is 14.5. The third kappa shape index (κ3) is 4.34. The Kier molecular flexibility index (Phi) is 5.14. The number of halogens is 1. The number of benzene rings is 2. The van der Waals surface area contributed by atoms with Crippen LogP contribution in [0, 0.1) is 11.7 Å². The standard InChI is InChI=1S/C20H23FN2O/c1-15-9-11-23(12-10-15)19-7-5-18(6-8-19)22-20(24)14-16-3-2-4-17(21)13-16/h2-8,13,15H,9-12,14H2,1H3,(H,22,24). The highest BCUT2D eigenvalue weighted by molar-refractivity contribution is 5.92. The zero-order valence-electron chi connectivity index (χ0n) is 14.0. The van der Waals surface area contributed by atoms with E-state index in [0.717, 1.165) is 24.7 Å². The molecule has 0 aromatic heterocycles. The van der Waals surface area contributed by atoms with E-state index in [1.807, 2.05) is 24.3 Å². The molecule has 1 heterocycles. The molecule has 0 radical (unpaired) electrons. The summed E-state index contributed by atoms with van der Waals surface area (Å²) in [5.41, 5.74) is 2.64. The van der Waals surface area contributed by atoms with Gasteiger partial charge in [0.25, 0.3) is 0 Å². The van der Waals surface area contributed by atoms with Crippen LogP contribution in [0.2, 0.25) is 0 Å². The van der Waals surface area contributed by atoms with E-state index in [0.29, 0.717) is 5.56 Å². The number of hydrogen-bond acceptors (Lipinski definition) is 2. The predicted molar refractivity (Wildman–Crippen MR) is 95.8 cm³/mol. The molecule has 0 unspecified atom stereocenters. The predicted octanol–water partition coefficient (Wildman–Crippen LogP) is 4.24. The van der Waals surface area contributed by atoms with Gasteiger partial charge in [0.2, 0.25) is 5.91 Å². The molecule has 126 valence electrons. The zero-order chi connectivity index (χ0) is 16.9. The quantitative estimate of drug-likeness (QED) is 0.911. The van der Waals surface area contributed by atoms with E-state index in [1.165, 1.54) is 30.7 Å². The molecule has 1 saturated heterocycles. The Morgan fingerprint density at radius 3 is 2.54 bits per heavy atom. The molecule has 1 aliphatic heterocycles. The Bertz CT molecular complexity index is 691. The average Bonchev–Trinajstić information content (AvgIpc) is 2.56. The molecule has 0 saturated carbocycles. The number of nitrogens with one attached hydrogen (secondary N) is 1. The van der Waals surface area contributed by atoms with Gasteiger partial charge in [-0.2, -0.15) is 0 Å². The van der Waals surface area contributed by atoms with Crippen LogP contribution >= 0.6 is 0 Å². The van der Waals surface area contributed by atoms with E-state index >= 15 is 0 Å². The van der Waals surface area contributed by atoms with Crippen molar-refractivity contribution in [2.75, 3.05) is 23.3 Å². The molecule has 0 spiro atoms. The van der Waals surface area contributed by atoms with Crippen LogP contribution in [-0.4, -0.2) is 19.0 Å². The topological polar surface area (TPSA) is 32.3 Å². The Hall–Kier alpha value is -2.36. The van der Waals surface area contributed by atoms with Gasteiger partial charge in [-0.3, -0.25) is 4.79 Å². The maximum atomic E-state index is 13.2. The smallest absolute Gasteiger partial charge is 0.228 e. The molecule has 3 rings (SSSR count). The number of carbonyl (C=O) groups is 1. The fraction of sp³-hybridized carbons (Fsp3) is 0.350. The minimum atomic E-state index is -0.319. The summed E-state index contributed by atoms with van der Waals surface area (Å²) < 4.78 is 13.2. The molecule has 4 heteroatoms. The first-order valence-corrected chi connectivity index (χ1v) is 8.49. The Labute approximate surface area is 142 Å². The lowest BCUT2D eigenvalue weighted by molar-refractivity contribution is -0.115. The lowest BCUT2D eigenvalue weighted by atomic mass is 9.99. The minimum absolute atomic E-state index is 0.139. The molecular weight excluding hydrogens is 303 g/mol. The number of amides is 1. The molecule has 3 nitrogen and oxygen atoms in total. The molecule has 2 aromatic carbocycles. The Morgan fingerprint density at radius 2 is 1.88 bits per heavy atom. The van der Waals surface area contributed by atoms with Crippen molar-refractivity contribution in [3.63, 3.8) is 0 Å². The molecule has 24 heavy (non-hydrogen) atoms. The lowest BCUT2D eigenvalue weighted by Crippen LogP contribution is -2.32. The summed E-state index contributed by atoms with van der Waals surface area (Å²) >= 11 is 0. The fourth-order valence-electron chi connectivity index (χ4n) is 3.06. The number of anilines is 2. The summed E-state index contributed by atoms with van der Waals surface area (Å²) in [6.07, 6.45) is 2.63. The van der Waals surface area contributed by atoms with Crippen LogP contribution in [0.3, 0.4) is 0 Å². The van der Waals surface area contributed by atoms with Gasteiger partial charge in [0, 0.05) is 24.5 Å². The molecule has 0 bridgehead atoms. The summed E-state index contributed by atoms with van der Waals surface area (Å²) in [7, 11) is 0. The van der Waals surface area contributed by atoms with Crippen molar-refractivity contribution in [1.29, 1.82) is 0 Å². The van der Waals surface area contributed by atoms with Crippen LogP contribution in [0.4, 0.5) is 15.8 Å². The van der Waals surface area contributed by atoms with Gasteiger partial charge in [-0.05, 0) is 60.7 Å². The third-order valence-electron chi connectivity index (χ3n) is 4.55. The van der Waals surface area contributed by atoms with Gasteiger partial charge < -0.3 is 10.2 Å². The summed E-state index contributed by atoms with van der Waals surface area (Å²) in [5.74, 6) is 0.350. The van der Waals surface area contributed by atoms with Gasteiger partial charge in [0.05, 0.1) is 6.42 Å². The van der Waals surface area contributed by atoms with Crippen molar-refractivity contribution in [2.45, 2.75) is 26.2 Å². The lowest BCUT2D eigenvalue weighted by Gasteiger charge is -2.32.